The molecule has 3 aromatic rings. The number of halogens is 2. The molecule has 1 fully saturated rings. The van der Waals surface area contributed by atoms with E-state index in [2.05, 4.69) is 22.2 Å². The molecule has 182 valence electrons. The first kappa shape index (κ1) is 24.9. The Kier molecular flexibility index (Phi) is 8.74. The fraction of sp³-hybridized carbons (Fsp3) is 0.478. The summed E-state index contributed by atoms with van der Waals surface area (Å²) in [6.07, 6.45) is 6.49. The maximum atomic E-state index is 12.2. The lowest BCUT2D eigenvalue weighted by molar-refractivity contribution is -0.123. The molecule has 0 atom stereocenters. The van der Waals surface area contributed by atoms with Gasteiger partial charge < -0.3 is 15.0 Å². The van der Waals surface area contributed by atoms with Crippen LogP contribution in [0.4, 0.5) is 5.82 Å². The largest absolute Gasteiger partial charge is 0.482 e. The monoisotopic (exact) mass is 522 g/mol. The van der Waals surface area contributed by atoms with Crippen molar-refractivity contribution >= 4 is 57.7 Å². The molecule has 0 unspecified atom stereocenters. The molecule has 1 amide bonds. The van der Waals surface area contributed by atoms with Crippen molar-refractivity contribution < 1.29 is 9.53 Å². The van der Waals surface area contributed by atoms with Crippen molar-refractivity contribution in [1.82, 2.24) is 25.1 Å². The molecule has 1 saturated heterocycles. The summed E-state index contributed by atoms with van der Waals surface area (Å²) >= 11 is 13.6. The summed E-state index contributed by atoms with van der Waals surface area (Å²) in [5.41, 5.74) is 0.799. The van der Waals surface area contributed by atoms with Gasteiger partial charge in [-0.3, -0.25) is 4.79 Å². The van der Waals surface area contributed by atoms with Gasteiger partial charge in [0, 0.05) is 30.4 Å². The Morgan fingerprint density at radius 1 is 1.21 bits per heavy atom. The molecule has 0 aliphatic carbocycles. The van der Waals surface area contributed by atoms with Crippen LogP contribution in [-0.2, 0) is 11.3 Å². The summed E-state index contributed by atoms with van der Waals surface area (Å²) < 4.78 is 7.32. The number of fused-ring (bicyclic) bond motifs is 1. The van der Waals surface area contributed by atoms with Gasteiger partial charge in [-0.15, -0.1) is 0 Å². The van der Waals surface area contributed by atoms with Gasteiger partial charge in [0.1, 0.15) is 11.6 Å². The lowest BCUT2D eigenvalue weighted by Gasteiger charge is -2.28. The number of hydrogen-bond acceptors (Lipinski definition) is 7. The molecular formula is C23H28Cl2N6O2S. The van der Waals surface area contributed by atoms with Gasteiger partial charge in [-0.2, -0.15) is 5.10 Å². The fourth-order valence-electron chi connectivity index (χ4n) is 3.78. The zero-order valence-electron chi connectivity index (χ0n) is 19.1. The number of amides is 1. The van der Waals surface area contributed by atoms with Crippen LogP contribution in [0.5, 0.6) is 5.75 Å². The number of carbonyl (C=O) groups is 1. The molecule has 0 spiro atoms. The zero-order chi connectivity index (χ0) is 23.9. The quantitative estimate of drug-likeness (QED) is 0.301. The Morgan fingerprint density at radius 3 is 2.79 bits per heavy atom. The highest BCUT2D eigenvalue weighted by Gasteiger charge is 2.20. The molecule has 0 saturated carbocycles. The Bertz CT molecular complexity index is 1140. The van der Waals surface area contributed by atoms with E-state index in [0.29, 0.717) is 28.9 Å². The topological polar surface area (TPSA) is 85.2 Å². The number of benzene rings is 1. The van der Waals surface area contributed by atoms with Crippen LogP contribution >= 0.6 is 35.0 Å². The van der Waals surface area contributed by atoms with Crippen LogP contribution in [-0.4, -0.2) is 57.6 Å². The van der Waals surface area contributed by atoms with Gasteiger partial charge >= 0.3 is 0 Å². The number of piperidine rings is 1. The third-order valence-electron chi connectivity index (χ3n) is 5.44. The van der Waals surface area contributed by atoms with Gasteiger partial charge in [0.2, 0.25) is 0 Å². The molecule has 1 N–H and O–H groups in total. The molecule has 1 aliphatic rings. The molecule has 0 bridgehead atoms. The lowest BCUT2D eigenvalue weighted by Crippen LogP contribution is -2.32. The summed E-state index contributed by atoms with van der Waals surface area (Å²) in [6.45, 7) is 4.90. The van der Waals surface area contributed by atoms with E-state index < -0.39 is 0 Å². The van der Waals surface area contributed by atoms with Crippen molar-refractivity contribution in [2.45, 2.75) is 44.3 Å². The van der Waals surface area contributed by atoms with Gasteiger partial charge in [0.25, 0.3) is 5.91 Å². The maximum Gasteiger partial charge on any atom is 0.258 e. The van der Waals surface area contributed by atoms with Gasteiger partial charge in [-0.05, 0) is 43.9 Å². The first-order chi connectivity index (χ1) is 16.5. The number of aromatic nitrogens is 4. The van der Waals surface area contributed by atoms with Crippen molar-refractivity contribution in [3.05, 3.63) is 34.4 Å². The van der Waals surface area contributed by atoms with Gasteiger partial charge in [0.05, 0.1) is 23.2 Å². The third kappa shape index (κ3) is 6.25. The minimum Gasteiger partial charge on any atom is -0.482 e. The number of carbonyl (C=O) groups excluding carboxylic acids is 1. The highest BCUT2D eigenvalue weighted by molar-refractivity contribution is 7.99. The highest BCUT2D eigenvalue weighted by Crippen LogP contribution is 2.29. The number of rotatable bonds is 10. The number of anilines is 1. The van der Waals surface area contributed by atoms with Crippen LogP contribution in [0.15, 0.2) is 29.6 Å². The zero-order valence-corrected chi connectivity index (χ0v) is 21.4. The number of hydrogen-bond donors (Lipinski definition) is 1. The summed E-state index contributed by atoms with van der Waals surface area (Å²) in [5, 5.41) is 10.0. The molecule has 1 aromatic carbocycles. The second kappa shape index (κ2) is 12.0. The number of nitrogens with zero attached hydrogens (tertiary/aromatic N) is 5. The number of nitrogens with one attached hydrogen (secondary N) is 1. The van der Waals surface area contributed by atoms with E-state index in [1.54, 1.807) is 30.0 Å². The smallest absolute Gasteiger partial charge is 0.258 e. The Hall–Kier alpha value is -2.23. The highest BCUT2D eigenvalue weighted by atomic mass is 35.5. The standard InChI is InChI=1S/C23H28Cl2N6O2S/c1-2-12-34-23-28-21(30-9-4-3-5-10-30)17-14-27-31(22(17)29-23)11-8-26-20(32)15-33-19-7-6-16(24)13-18(19)25/h6-7,13-14H,2-5,8-12,15H2,1H3,(H,26,32). The van der Waals surface area contributed by atoms with E-state index >= 15 is 0 Å². The van der Waals surface area contributed by atoms with E-state index in [1.807, 2.05) is 10.9 Å². The minimum atomic E-state index is -0.245. The Labute approximate surface area is 213 Å². The Balaban J connectivity index is 1.40. The van der Waals surface area contributed by atoms with Crippen LogP contribution in [0.1, 0.15) is 32.6 Å². The molecule has 11 heteroatoms. The number of thioether (sulfide) groups is 1. The molecule has 1 aliphatic heterocycles. The van der Waals surface area contributed by atoms with E-state index in [-0.39, 0.29) is 12.5 Å². The SMILES string of the molecule is CCCSc1nc(N2CCCCC2)c2cnn(CCNC(=O)COc3ccc(Cl)cc3Cl)c2n1. The van der Waals surface area contributed by atoms with Crippen molar-refractivity contribution in [3.63, 3.8) is 0 Å². The molecule has 34 heavy (non-hydrogen) atoms. The Morgan fingerprint density at radius 2 is 2.03 bits per heavy atom. The molecule has 0 radical (unpaired) electrons. The first-order valence-electron chi connectivity index (χ1n) is 11.5. The second-order valence-corrected chi connectivity index (χ2v) is 9.95. The fourth-order valence-corrected chi connectivity index (χ4v) is 4.93. The van der Waals surface area contributed by atoms with E-state index in [0.717, 1.165) is 47.3 Å². The third-order valence-corrected chi connectivity index (χ3v) is 7.03. The summed E-state index contributed by atoms with van der Waals surface area (Å²) in [5.74, 6) is 2.10. The molecule has 8 nitrogen and oxygen atoms in total. The summed E-state index contributed by atoms with van der Waals surface area (Å²) in [7, 11) is 0. The predicted octanol–water partition coefficient (Wildman–Crippen LogP) is 4.82. The molecule has 3 heterocycles. The average molecular weight is 523 g/mol. The second-order valence-electron chi connectivity index (χ2n) is 8.04. The number of ether oxygens (including phenoxy) is 1. The van der Waals surface area contributed by atoms with Gasteiger partial charge in [-0.1, -0.05) is 41.9 Å². The van der Waals surface area contributed by atoms with Crippen LogP contribution in [0.2, 0.25) is 10.0 Å². The van der Waals surface area contributed by atoms with Crippen LogP contribution < -0.4 is 15.0 Å². The normalized spacial score (nSPS) is 13.9. The predicted molar refractivity (Wildman–Crippen MR) is 137 cm³/mol. The molecular weight excluding hydrogens is 495 g/mol. The van der Waals surface area contributed by atoms with Crippen molar-refractivity contribution in [1.29, 1.82) is 0 Å². The lowest BCUT2D eigenvalue weighted by atomic mass is 10.1. The van der Waals surface area contributed by atoms with Crippen molar-refractivity contribution in [2.75, 3.05) is 36.9 Å². The summed E-state index contributed by atoms with van der Waals surface area (Å²) in [4.78, 5) is 24.2. The van der Waals surface area contributed by atoms with E-state index in [4.69, 9.17) is 37.9 Å². The van der Waals surface area contributed by atoms with Crippen molar-refractivity contribution in [2.24, 2.45) is 0 Å². The summed E-state index contributed by atoms with van der Waals surface area (Å²) in [6, 6.07) is 4.88. The first-order valence-corrected chi connectivity index (χ1v) is 13.2. The van der Waals surface area contributed by atoms with Crippen molar-refractivity contribution in [3.8, 4) is 5.75 Å². The van der Waals surface area contributed by atoms with Crippen LogP contribution in [0.3, 0.4) is 0 Å². The van der Waals surface area contributed by atoms with E-state index in [9.17, 15) is 4.79 Å². The van der Waals surface area contributed by atoms with Gasteiger partial charge in [0.15, 0.2) is 17.4 Å². The average Bonchev–Trinajstić information content (AvgIpc) is 3.25. The molecule has 4 rings (SSSR count). The maximum absolute atomic E-state index is 12.2. The van der Waals surface area contributed by atoms with E-state index in [1.165, 1.54) is 19.3 Å². The van der Waals surface area contributed by atoms with Gasteiger partial charge in [-0.25, -0.2) is 14.6 Å². The van der Waals surface area contributed by atoms with Crippen LogP contribution in [0.25, 0.3) is 11.0 Å². The minimum absolute atomic E-state index is 0.139. The molecule has 2 aromatic heterocycles. The van der Waals surface area contributed by atoms with Crippen LogP contribution in [0, 0.1) is 0 Å².